The quantitative estimate of drug-likeness (QED) is 0.610. The lowest BCUT2D eigenvalue weighted by Crippen LogP contribution is -2.29. The van der Waals surface area contributed by atoms with Gasteiger partial charge in [-0.2, -0.15) is 0 Å². The fraction of sp³-hybridized carbons (Fsp3) is 0.217. The highest BCUT2D eigenvalue weighted by molar-refractivity contribution is 6.32. The molecule has 2 aliphatic carbocycles. The predicted molar refractivity (Wildman–Crippen MR) is 109 cm³/mol. The lowest BCUT2D eigenvalue weighted by atomic mass is 9.95. The number of hydrogen-bond donors (Lipinski definition) is 1. The van der Waals surface area contributed by atoms with E-state index in [4.69, 9.17) is 14.2 Å². The molecule has 6 nitrogen and oxygen atoms in total. The Kier molecular flexibility index (Phi) is 5.13. The van der Waals surface area contributed by atoms with E-state index in [9.17, 15) is 14.0 Å². The number of methoxy groups -OCH3 is 3. The van der Waals surface area contributed by atoms with Crippen LogP contribution in [-0.4, -0.2) is 39.3 Å². The van der Waals surface area contributed by atoms with Crippen LogP contribution in [-0.2, 0) is 23.8 Å². The maximum atomic E-state index is 13.9. The zero-order valence-electron chi connectivity index (χ0n) is 16.7. The molecule has 2 unspecified atom stereocenters. The van der Waals surface area contributed by atoms with E-state index in [1.165, 1.54) is 39.5 Å². The monoisotopic (exact) mass is 409 g/mol. The van der Waals surface area contributed by atoms with Crippen LogP contribution in [0.4, 0.5) is 10.1 Å². The molecule has 7 heteroatoms. The molecule has 1 N–H and O–H groups in total. The number of carbonyl (C=O) groups excluding carboxylic acids is 2. The van der Waals surface area contributed by atoms with Crippen molar-refractivity contribution in [3.63, 3.8) is 0 Å². The summed E-state index contributed by atoms with van der Waals surface area (Å²) in [5.41, 5.74) is 3.15. The Morgan fingerprint density at radius 1 is 1.17 bits per heavy atom. The number of esters is 1. The Bertz CT molecular complexity index is 1090. The van der Waals surface area contributed by atoms with Gasteiger partial charge in [0.2, 0.25) is 0 Å². The van der Waals surface area contributed by atoms with Crippen LogP contribution in [0.15, 0.2) is 71.1 Å². The van der Waals surface area contributed by atoms with E-state index in [-0.39, 0.29) is 11.5 Å². The van der Waals surface area contributed by atoms with E-state index in [1.54, 1.807) is 30.4 Å². The molecule has 0 saturated heterocycles. The Balaban J connectivity index is 1.95. The van der Waals surface area contributed by atoms with Gasteiger partial charge in [-0.05, 0) is 41.5 Å². The third-order valence-electron chi connectivity index (χ3n) is 5.40. The summed E-state index contributed by atoms with van der Waals surface area (Å²) in [6.45, 7) is 0. The van der Waals surface area contributed by atoms with Crippen molar-refractivity contribution in [1.82, 2.24) is 0 Å². The maximum Gasteiger partial charge on any atom is 0.316 e. The summed E-state index contributed by atoms with van der Waals surface area (Å²) in [7, 11) is 4.33. The predicted octanol–water partition coefficient (Wildman–Crippen LogP) is 3.30. The molecular formula is C23H20FNO5. The zero-order chi connectivity index (χ0) is 21.4. The van der Waals surface area contributed by atoms with Crippen molar-refractivity contribution in [1.29, 1.82) is 0 Å². The van der Waals surface area contributed by atoms with Crippen molar-refractivity contribution < 1.29 is 28.2 Å². The van der Waals surface area contributed by atoms with Gasteiger partial charge in [-0.25, -0.2) is 4.39 Å². The van der Waals surface area contributed by atoms with Crippen LogP contribution >= 0.6 is 0 Å². The molecule has 0 radical (unpaired) electrons. The van der Waals surface area contributed by atoms with Gasteiger partial charge in [0.05, 0.1) is 14.2 Å². The molecule has 1 aliphatic heterocycles. The van der Waals surface area contributed by atoms with Crippen LogP contribution in [0, 0.1) is 11.7 Å². The van der Waals surface area contributed by atoms with Gasteiger partial charge in [-0.3, -0.25) is 9.59 Å². The molecule has 0 aromatic heterocycles. The summed E-state index contributed by atoms with van der Waals surface area (Å²) < 4.78 is 30.1. The number of hydrogen-bond acceptors (Lipinski definition) is 5. The topological polar surface area (TPSA) is 73.9 Å². The standard InChI is InChI=1S/C23H20FNO5/c1-28-18-7-5-4-6-13-19(18)16(21(29-2)20(13)23(27)30-3)11-15-14-10-12(24)8-9-17(14)25-22(15)26/h4-11,20-21H,1-3H3,(H,25,26). The minimum absolute atomic E-state index is 0.284. The highest BCUT2D eigenvalue weighted by Crippen LogP contribution is 2.46. The van der Waals surface area contributed by atoms with Gasteiger partial charge in [-0.15, -0.1) is 0 Å². The highest BCUT2D eigenvalue weighted by Gasteiger charge is 2.45. The van der Waals surface area contributed by atoms with Gasteiger partial charge in [0, 0.05) is 29.5 Å². The molecule has 3 aliphatic rings. The number of halogens is 1. The summed E-state index contributed by atoms with van der Waals surface area (Å²) in [6, 6.07) is 4.11. The molecule has 1 heterocycles. The number of anilines is 1. The Morgan fingerprint density at radius 2 is 1.93 bits per heavy atom. The van der Waals surface area contributed by atoms with Crippen LogP contribution in [0.1, 0.15) is 5.56 Å². The molecule has 1 aromatic carbocycles. The van der Waals surface area contributed by atoms with Gasteiger partial charge in [-0.1, -0.05) is 18.2 Å². The van der Waals surface area contributed by atoms with Crippen molar-refractivity contribution >= 4 is 23.1 Å². The highest BCUT2D eigenvalue weighted by atomic mass is 19.1. The van der Waals surface area contributed by atoms with E-state index < -0.39 is 23.8 Å². The molecule has 154 valence electrons. The number of carbonyl (C=O) groups is 2. The minimum Gasteiger partial charge on any atom is -0.496 e. The average molecular weight is 409 g/mol. The molecule has 4 rings (SSSR count). The van der Waals surface area contributed by atoms with Crippen LogP contribution < -0.4 is 5.32 Å². The van der Waals surface area contributed by atoms with Crippen molar-refractivity contribution in [2.75, 3.05) is 26.6 Å². The average Bonchev–Trinajstić information content (AvgIpc) is 3.11. The molecule has 0 saturated carbocycles. The number of amides is 1. The number of fused-ring (bicyclic) bond motifs is 2. The summed E-state index contributed by atoms with van der Waals surface area (Å²) in [4.78, 5) is 25.3. The molecule has 0 bridgehead atoms. The Hall–Kier alpha value is -3.45. The number of nitrogens with one attached hydrogen (secondary N) is 1. The second kappa shape index (κ2) is 7.76. The van der Waals surface area contributed by atoms with Crippen molar-refractivity contribution in [3.05, 3.63) is 82.4 Å². The number of ether oxygens (including phenoxy) is 3. The lowest BCUT2D eigenvalue weighted by Gasteiger charge is -2.19. The SMILES string of the molecule is COC(=O)C1C2=CC=CC=C(OC)C2=C(C=C2C(=O)Nc3ccc(F)cc32)C1OC. The Morgan fingerprint density at radius 3 is 2.63 bits per heavy atom. The molecular weight excluding hydrogens is 389 g/mol. The summed E-state index contributed by atoms with van der Waals surface area (Å²) >= 11 is 0. The van der Waals surface area contributed by atoms with Crippen LogP contribution in [0.2, 0.25) is 0 Å². The van der Waals surface area contributed by atoms with Crippen molar-refractivity contribution in [2.45, 2.75) is 6.10 Å². The van der Waals surface area contributed by atoms with Crippen LogP contribution in [0.5, 0.6) is 0 Å². The normalized spacial score (nSPS) is 23.5. The fourth-order valence-corrected chi connectivity index (χ4v) is 4.09. The third kappa shape index (κ3) is 3.07. The van der Waals surface area contributed by atoms with Gasteiger partial charge >= 0.3 is 5.97 Å². The van der Waals surface area contributed by atoms with Gasteiger partial charge in [0.25, 0.3) is 5.91 Å². The molecule has 2 atom stereocenters. The largest absolute Gasteiger partial charge is 0.496 e. The van der Waals surface area contributed by atoms with E-state index in [2.05, 4.69) is 5.32 Å². The van der Waals surface area contributed by atoms with E-state index >= 15 is 0 Å². The van der Waals surface area contributed by atoms with E-state index in [0.717, 1.165) is 0 Å². The molecule has 1 aromatic rings. The van der Waals surface area contributed by atoms with Gasteiger partial charge in [0.1, 0.15) is 23.6 Å². The zero-order valence-corrected chi connectivity index (χ0v) is 16.7. The van der Waals surface area contributed by atoms with Crippen LogP contribution in [0.25, 0.3) is 5.57 Å². The fourth-order valence-electron chi connectivity index (χ4n) is 4.09. The first-order valence-corrected chi connectivity index (χ1v) is 9.31. The van der Waals surface area contributed by atoms with Crippen molar-refractivity contribution in [2.24, 2.45) is 5.92 Å². The van der Waals surface area contributed by atoms with Gasteiger partial charge in [0.15, 0.2) is 0 Å². The minimum atomic E-state index is -0.736. The second-order valence-electron chi connectivity index (χ2n) is 6.93. The molecule has 30 heavy (non-hydrogen) atoms. The van der Waals surface area contributed by atoms with Crippen molar-refractivity contribution in [3.8, 4) is 0 Å². The molecule has 1 amide bonds. The third-order valence-corrected chi connectivity index (χ3v) is 5.40. The number of benzene rings is 1. The Labute approximate surface area is 173 Å². The van der Waals surface area contributed by atoms with Gasteiger partial charge < -0.3 is 19.5 Å². The number of rotatable bonds is 4. The summed E-state index contributed by atoms with van der Waals surface area (Å²) in [6.07, 6.45) is 8.10. The summed E-state index contributed by atoms with van der Waals surface area (Å²) in [5.74, 6) is -1.49. The molecule has 0 spiro atoms. The maximum absolute atomic E-state index is 13.9. The van der Waals surface area contributed by atoms with E-state index in [1.807, 2.05) is 0 Å². The summed E-state index contributed by atoms with van der Waals surface area (Å²) in [5, 5.41) is 2.73. The molecule has 0 fully saturated rings. The lowest BCUT2D eigenvalue weighted by molar-refractivity contribution is -0.146. The van der Waals surface area contributed by atoms with Crippen LogP contribution in [0.3, 0.4) is 0 Å². The first-order chi connectivity index (χ1) is 14.5. The first-order valence-electron chi connectivity index (χ1n) is 9.31. The first kappa shape index (κ1) is 19.8. The smallest absolute Gasteiger partial charge is 0.316 e. The number of allylic oxidation sites excluding steroid dienone is 5. The van der Waals surface area contributed by atoms with E-state index in [0.29, 0.717) is 33.7 Å². The second-order valence-corrected chi connectivity index (χ2v) is 6.93.